The first kappa shape index (κ1) is 26.7. The Morgan fingerprint density at radius 2 is 2.06 bits per heavy atom. The fourth-order valence-corrected chi connectivity index (χ4v) is 3.66. The number of carbonyl (C=O) groups is 4. The minimum absolute atomic E-state index is 0.124. The van der Waals surface area contributed by atoms with E-state index in [0.29, 0.717) is 24.7 Å². The van der Waals surface area contributed by atoms with Crippen LogP contribution in [0.4, 0.5) is 0 Å². The number of imidazole rings is 1. The van der Waals surface area contributed by atoms with Crippen LogP contribution in [0.5, 0.6) is 5.75 Å². The lowest BCUT2D eigenvalue weighted by Gasteiger charge is -2.26. The van der Waals surface area contributed by atoms with Crippen molar-refractivity contribution in [3.05, 3.63) is 48.0 Å². The number of aromatic nitrogens is 2. The van der Waals surface area contributed by atoms with Crippen molar-refractivity contribution in [2.24, 2.45) is 0 Å². The number of nitrogens with one attached hydrogen (secondary N) is 4. The van der Waals surface area contributed by atoms with Crippen molar-refractivity contribution < 1.29 is 28.7 Å². The van der Waals surface area contributed by atoms with E-state index in [0.717, 1.165) is 0 Å². The van der Waals surface area contributed by atoms with Gasteiger partial charge in [-0.3, -0.25) is 19.2 Å². The molecular formula is C24H32N6O6. The van der Waals surface area contributed by atoms with Crippen molar-refractivity contribution in [2.75, 3.05) is 40.0 Å². The van der Waals surface area contributed by atoms with Gasteiger partial charge in [0.05, 0.1) is 31.5 Å². The van der Waals surface area contributed by atoms with Gasteiger partial charge in [-0.15, -0.1) is 0 Å². The molecule has 194 valence electrons. The molecule has 4 N–H and O–H groups in total. The van der Waals surface area contributed by atoms with Crippen molar-refractivity contribution in [1.82, 2.24) is 30.8 Å². The van der Waals surface area contributed by atoms with Crippen LogP contribution >= 0.6 is 0 Å². The van der Waals surface area contributed by atoms with Gasteiger partial charge in [-0.1, -0.05) is 12.1 Å². The fourth-order valence-electron chi connectivity index (χ4n) is 3.66. The molecule has 2 aromatic rings. The number of fused-ring (bicyclic) bond motifs is 1. The summed E-state index contributed by atoms with van der Waals surface area (Å²) >= 11 is 0. The molecule has 1 aromatic carbocycles. The zero-order chi connectivity index (χ0) is 25.9. The van der Waals surface area contributed by atoms with Gasteiger partial charge in [0.1, 0.15) is 24.4 Å². The zero-order valence-corrected chi connectivity index (χ0v) is 20.4. The molecule has 3 rings (SSSR count). The van der Waals surface area contributed by atoms with E-state index in [1.807, 2.05) is 6.92 Å². The number of rotatable bonds is 7. The summed E-state index contributed by atoms with van der Waals surface area (Å²) in [6.45, 7) is 3.19. The number of aromatic amines is 1. The summed E-state index contributed by atoms with van der Waals surface area (Å²) in [7, 11) is 1.61. The van der Waals surface area contributed by atoms with Crippen LogP contribution in [-0.2, 0) is 25.5 Å². The Balaban J connectivity index is 1.85. The number of ether oxygens (including phenoxy) is 2. The number of nitrogens with zero attached hydrogens (tertiary/aromatic N) is 2. The van der Waals surface area contributed by atoms with Gasteiger partial charge in [0.15, 0.2) is 0 Å². The van der Waals surface area contributed by atoms with E-state index in [-0.39, 0.29) is 44.0 Å². The van der Waals surface area contributed by atoms with E-state index in [1.54, 1.807) is 37.5 Å². The second-order valence-electron chi connectivity index (χ2n) is 8.22. The molecule has 1 aromatic heterocycles. The lowest BCUT2D eigenvalue weighted by Crippen LogP contribution is -2.53. The molecule has 1 aliphatic heterocycles. The van der Waals surface area contributed by atoms with Crippen molar-refractivity contribution in [1.29, 1.82) is 0 Å². The minimum Gasteiger partial charge on any atom is -0.491 e. The highest BCUT2D eigenvalue weighted by Crippen LogP contribution is 2.18. The molecule has 0 bridgehead atoms. The van der Waals surface area contributed by atoms with E-state index in [1.165, 1.54) is 11.2 Å². The third-order valence-electron chi connectivity index (χ3n) is 5.57. The third kappa shape index (κ3) is 7.54. The van der Waals surface area contributed by atoms with Crippen LogP contribution in [0.15, 0.2) is 36.8 Å². The predicted molar refractivity (Wildman–Crippen MR) is 129 cm³/mol. The molecular weight excluding hydrogens is 468 g/mol. The van der Waals surface area contributed by atoms with E-state index in [2.05, 4.69) is 25.9 Å². The van der Waals surface area contributed by atoms with Gasteiger partial charge in [0.2, 0.25) is 17.7 Å². The topological polar surface area (TPSA) is 155 Å². The normalized spacial score (nSPS) is 19.4. The third-order valence-corrected chi connectivity index (χ3v) is 5.57. The molecule has 12 nitrogen and oxygen atoms in total. The summed E-state index contributed by atoms with van der Waals surface area (Å²) in [6.07, 6.45) is 2.86. The maximum atomic E-state index is 13.2. The van der Waals surface area contributed by atoms with Crippen LogP contribution in [0.2, 0.25) is 0 Å². The quantitative estimate of drug-likeness (QED) is 0.378. The van der Waals surface area contributed by atoms with Crippen LogP contribution in [0.1, 0.15) is 29.4 Å². The van der Waals surface area contributed by atoms with Gasteiger partial charge in [-0.2, -0.15) is 0 Å². The summed E-state index contributed by atoms with van der Waals surface area (Å²) in [5.74, 6) is -1.68. The molecule has 0 saturated heterocycles. The van der Waals surface area contributed by atoms with Crippen molar-refractivity contribution in [2.45, 2.75) is 31.8 Å². The summed E-state index contributed by atoms with van der Waals surface area (Å²) in [5, 5.41) is 8.02. The Morgan fingerprint density at radius 3 is 2.81 bits per heavy atom. The zero-order valence-electron chi connectivity index (χ0n) is 20.4. The maximum Gasteiger partial charge on any atom is 0.255 e. The van der Waals surface area contributed by atoms with Crippen LogP contribution in [0.25, 0.3) is 0 Å². The Kier molecular flexibility index (Phi) is 9.81. The smallest absolute Gasteiger partial charge is 0.255 e. The predicted octanol–water partition coefficient (Wildman–Crippen LogP) is -0.371. The first-order valence-electron chi connectivity index (χ1n) is 11.8. The molecule has 0 spiro atoms. The molecule has 36 heavy (non-hydrogen) atoms. The molecule has 0 aliphatic carbocycles. The molecule has 12 heteroatoms. The lowest BCUT2D eigenvalue weighted by molar-refractivity contribution is -0.136. The van der Waals surface area contributed by atoms with Gasteiger partial charge in [-0.05, 0) is 19.1 Å². The van der Waals surface area contributed by atoms with Gasteiger partial charge in [-0.25, -0.2) is 4.98 Å². The number of para-hydroxylation sites is 1. The van der Waals surface area contributed by atoms with Gasteiger partial charge in [0, 0.05) is 38.5 Å². The second kappa shape index (κ2) is 13.2. The Bertz CT molecular complexity index is 1040. The van der Waals surface area contributed by atoms with Gasteiger partial charge in [0.25, 0.3) is 5.91 Å². The SMILES string of the molecule is CCOCCNC(=O)[C@@H]1CC(=O)N[C@@H](Cc2cnc[nH]2)C(=O)N(C)CCOc2ccccc2C(=O)N1. The van der Waals surface area contributed by atoms with Crippen LogP contribution in [0.3, 0.4) is 0 Å². The Labute approximate surface area is 209 Å². The number of carbonyl (C=O) groups excluding carboxylic acids is 4. The van der Waals surface area contributed by atoms with E-state index >= 15 is 0 Å². The highest BCUT2D eigenvalue weighted by molar-refractivity contribution is 6.01. The molecule has 1 aliphatic rings. The van der Waals surface area contributed by atoms with Crippen molar-refractivity contribution in [3.8, 4) is 5.75 Å². The number of likely N-dealkylation sites (N-methyl/N-ethyl adjacent to an activating group) is 1. The first-order valence-corrected chi connectivity index (χ1v) is 11.8. The summed E-state index contributed by atoms with van der Waals surface area (Å²) in [5.41, 5.74) is 0.875. The van der Waals surface area contributed by atoms with Crippen LogP contribution < -0.4 is 20.7 Å². The Hall–Kier alpha value is -3.93. The summed E-state index contributed by atoms with van der Waals surface area (Å²) < 4.78 is 11.0. The molecule has 0 radical (unpaired) electrons. The Morgan fingerprint density at radius 1 is 1.25 bits per heavy atom. The number of benzene rings is 1. The van der Waals surface area contributed by atoms with Crippen LogP contribution in [-0.4, -0.2) is 90.5 Å². The monoisotopic (exact) mass is 500 g/mol. The molecule has 2 atom stereocenters. The molecule has 4 amide bonds. The second-order valence-corrected chi connectivity index (χ2v) is 8.22. The minimum atomic E-state index is -1.18. The summed E-state index contributed by atoms with van der Waals surface area (Å²) in [6, 6.07) is 4.50. The van der Waals surface area contributed by atoms with Crippen molar-refractivity contribution in [3.63, 3.8) is 0 Å². The lowest BCUT2D eigenvalue weighted by atomic mass is 10.1. The van der Waals surface area contributed by atoms with Crippen molar-refractivity contribution >= 4 is 23.6 Å². The molecule has 0 unspecified atom stereocenters. The number of H-pyrrole nitrogens is 1. The fraction of sp³-hybridized carbons (Fsp3) is 0.458. The molecule has 0 saturated carbocycles. The van der Waals surface area contributed by atoms with E-state index < -0.39 is 29.8 Å². The van der Waals surface area contributed by atoms with Gasteiger partial charge >= 0.3 is 0 Å². The van der Waals surface area contributed by atoms with E-state index in [4.69, 9.17) is 9.47 Å². The number of hydrogen-bond acceptors (Lipinski definition) is 7. The average Bonchev–Trinajstić information content (AvgIpc) is 3.38. The maximum absolute atomic E-state index is 13.2. The highest BCUT2D eigenvalue weighted by atomic mass is 16.5. The van der Waals surface area contributed by atoms with Gasteiger partial charge < -0.3 is 35.3 Å². The van der Waals surface area contributed by atoms with Crippen LogP contribution in [0, 0.1) is 0 Å². The average molecular weight is 501 g/mol. The molecule has 0 fully saturated rings. The highest BCUT2D eigenvalue weighted by Gasteiger charge is 2.30. The molecule has 2 heterocycles. The summed E-state index contributed by atoms with van der Waals surface area (Å²) in [4.78, 5) is 60.4. The number of amides is 4. The largest absolute Gasteiger partial charge is 0.491 e. The van der Waals surface area contributed by atoms with E-state index in [9.17, 15) is 19.2 Å². The number of hydrogen-bond donors (Lipinski definition) is 4. The first-order chi connectivity index (χ1) is 17.4. The standard InChI is InChI=1S/C24H32N6O6/c1-3-35-10-8-26-23(33)18-13-21(31)28-19(12-16-14-25-15-27-16)24(34)30(2)9-11-36-20-7-5-4-6-17(20)22(32)29-18/h4-7,14-15,18-19H,3,8-13H2,1-2H3,(H,25,27)(H,26,33)(H,28,31)(H,29,32)/t18-,19-/m0/s1.